The van der Waals surface area contributed by atoms with E-state index < -0.39 is 0 Å². The average molecular weight is 250 g/mol. The van der Waals surface area contributed by atoms with Crippen LogP contribution >= 0.6 is 0 Å². The second-order valence-corrected chi connectivity index (χ2v) is 7.32. The molecule has 2 fully saturated rings. The first-order chi connectivity index (χ1) is 8.79. The molecule has 2 aliphatic rings. The first-order valence-corrected chi connectivity index (χ1v) is 8.79. The zero-order valence-corrected chi connectivity index (χ0v) is 12.8. The summed E-state index contributed by atoms with van der Waals surface area (Å²) in [6, 6.07) is 0. The molecule has 0 aromatic heterocycles. The Labute approximate surface area is 115 Å². The molecule has 0 bridgehead atoms. The van der Waals surface area contributed by atoms with Crippen molar-refractivity contribution in [2.24, 2.45) is 23.7 Å². The van der Waals surface area contributed by atoms with Gasteiger partial charge in [-0.15, -0.1) is 0 Å². The normalized spacial score (nSPS) is 36.3. The summed E-state index contributed by atoms with van der Waals surface area (Å²) in [6.45, 7) is 4.78. The quantitative estimate of drug-likeness (QED) is 0.492. The molecule has 0 spiro atoms. The van der Waals surface area contributed by atoms with Crippen LogP contribution in [0.15, 0.2) is 0 Å². The van der Waals surface area contributed by atoms with Crippen LogP contribution in [0, 0.1) is 23.7 Å². The molecule has 0 radical (unpaired) electrons. The predicted octanol–water partition coefficient (Wildman–Crippen LogP) is 6.20. The SMILES string of the molecule is CCCCCCCC1CCC2CC(C)CCC2C1. The Hall–Kier alpha value is 0. The molecule has 2 aliphatic carbocycles. The third-order valence-corrected chi connectivity index (χ3v) is 5.70. The highest BCUT2D eigenvalue weighted by atomic mass is 14.4. The van der Waals surface area contributed by atoms with Crippen molar-refractivity contribution in [1.82, 2.24) is 0 Å². The smallest absolute Gasteiger partial charge is 0.0383 e. The van der Waals surface area contributed by atoms with Gasteiger partial charge in [-0.05, 0) is 49.4 Å². The van der Waals surface area contributed by atoms with Crippen LogP contribution in [0.4, 0.5) is 0 Å². The van der Waals surface area contributed by atoms with Crippen molar-refractivity contribution in [3.63, 3.8) is 0 Å². The Kier molecular flexibility index (Phi) is 6.05. The summed E-state index contributed by atoms with van der Waals surface area (Å²) < 4.78 is 0. The van der Waals surface area contributed by atoms with Crippen molar-refractivity contribution in [2.75, 3.05) is 0 Å². The maximum absolute atomic E-state index is 2.47. The van der Waals surface area contributed by atoms with Crippen LogP contribution in [-0.2, 0) is 0 Å². The molecule has 2 saturated carbocycles. The molecule has 4 unspecified atom stereocenters. The summed E-state index contributed by atoms with van der Waals surface area (Å²) in [5, 5.41) is 0. The van der Waals surface area contributed by atoms with Gasteiger partial charge < -0.3 is 0 Å². The molecular formula is C18H34. The topological polar surface area (TPSA) is 0 Å². The Morgan fingerprint density at radius 2 is 1.50 bits per heavy atom. The molecule has 0 saturated heterocycles. The monoisotopic (exact) mass is 250 g/mol. The molecule has 0 heterocycles. The fourth-order valence-electron chi connectivity index (χ4n) is 4.52. The summed E-state index contributed by atoms with van der Waals surface area (Å²) in [7, 11) is 0. The van der Waals surface area contributed by atoms with Crippen LogP contribution < -0.4 is 0 Å². The summed E-state index contributed by atoms with van der Waals surface area (Å²) in [4.78, 5) is 0. The van der Waals surface area contributed by atoms with Gasteiger partial charge >= 0.3 is 0 Å². The van der Waals surface area contributed by atoms with Gasteiger partial charge in [-0.25, -0.2) is 0 Å². The van der Waals surface area contributed by atoms with Crippen molar-refractivity contribution in [2.45, 2.75) is 90.9 Å². The van der Waals surface area contributed by atoms with E-state index in [4.69, 9.17) is 0 Å². The molecular weight excluding hydrogens is 216 g/mol. The second kappa shape index (κ2) is 7.56. The van der Waals surface area contributed by atoms with Crippen molar-refractivity contribution >= 4 is 0 Å². The maximum atomic E-state index is 2.47. The Morgan fingerprint density at radius 1 is 0.778 bits per heavy atom. The zero-order valence-electron chi connectivity index (χ0n) is 12.8. The fourth-order valence-corrected chi connectivity index (χ4v) is 4.52. The van der Waals surface area contributed by atoms with Crippen LogP contribution in [0.3, 0.4) is 0 Å². The van der Waals surface area contributed by atoms with E-state index in [1.54, 1.807) is 38.5 Å². The lowest BCUT2D eigenvalue weighted by Crippen LogP contribution is -2.30. The number of hydrogen-bond acceptors (Lipinski definition) is 0. The number of unbranched alkanes of at least 4 members (excludes halogenated alkanes) is 4. The van der Waals surface area contributed by atoms with Gasteiger partial charge in [-0.1, -0.05) is 65.2 Å². The molecule has 0 aromatic carbocycles. The van der Waals surface area contributed by atoms with Crippen LogP contribution in [0.1, 0.15) is 90.9 Å². The van der Waals surface area contributed by atoms with E-state index >= 15 is 0 Å². The number of rotatable bonds is 6. The van der Waals surface area contributed by atoms with Crippen molar-refractivity contribution in [1.29, 1.82) is 0 Å². The zero-order chi connectivity index (χ0) is 12.8. The first-order valence-electron chi connectivity index (χ1n) is 8.79. The van der Waals surface area contributed by atoms with E-state index in [0.29, 0.717) is 0 Å². The molecule has 0 nitrogen and oxygen atoms in total. The van der Waals surface area contributed by atoms with Gasteiger partial charge in [-0.2, -0.15) is 0 Å². The first kappa shape index (κ1) is 14.4. The molecule has 18 heavy (non-hydrogen) atoms. The molecule has 106 valence electrons. The van der Waals surface area contributed by atoms with E-state index in [-0.39, 0.29) is 0 Å². The third-order valence-electron chi connectivity index (χ3n) is 5.70. The summed E-state index contributed by atoms with van der Waals surface area (Å²) >= 11 is 0. The lowest BCUT2D eigenvalue weighted by Gasteiger charge is -2.41. The van der Waals surface area contributed by atoms with Crippen LogP contribution in [-0.4, -0.2) is 0 Å². The third kappa shape index (κ3) is 4.28. The Balaban J connectivity index is 1.62. The lowest BCUT2D eigenvalue weighted by atomic mass is 9.64. The summed E-state index contributed by atoms with van der Waals surface area (Å²) in [5.41, 5.74) is 0. The molecule has 0 heteroatoms. The second-order valence-electron chi connectivity index (χ2n) is 7.32. The van der Waals surface area contributed by atoms with Gasteiger partial charge in [0.15, 0.2) is 0 Å². The minimum Gasteiger partial charge on any atom is -0.0654 e. The molecule has 0 aliphatic heterocycles. The molecule has 4 atom stereocenters. The summed E-state index contributed by atoms with van der Waals surface area (Å²) in [6.07, 6.45) is 18.2. The Bertz CT molecular complexity index is 220. The number of fused-ring (bicyclic) bond motifs is 1. The highest BCUT2D eigenvalue weighted by Crippen LogP contribution is 2.45. The van der Waals surface area contributed by atoms with Gasteiger partial charge in [0.25, 0.3) is 0 Å². The van der Waals surface area contributed by atoms with Crippen LogP contribution in [0.25, 0.3) is 0 Å². The predicted molar refractivity (Wildman–Crippen MR) is 80.7 cm³/mol. The van der Waals surface area contributed by atoms with E-state index in [0.717, 1.165) is 23.7 Å². The highest BCUT2D eigenvalue weighted by Gasteiger charge is 2.33. The van der Waals surface area contributed by atoms with E-state index in [1.807, 2.05) is 0 Å². The standard InChI is InChI=1S/C18H34/c1-3-4-5-6-7-8-16-10-12-17-13-15(2)9-11-18(17)14-16/h15-18H,3-14H2,1-2H3. The lowest BCUT2D eigenvalue weighted by molar-refractivity contribution is 0.0994. The van der Waals surface area contributed by atoms with Gasteiger partial charge in [0, 0.05) is 0 Å². The van der Waals surface area contributed by atoms with E-state index in [1.165, 1.54) is 38.5 Å². The number of hydrogen-bond donors (Lipinski definition) is 0. The summed E-state index contributed by atoms with van der Waals surface area (Å²) in [5.74, 6) is 4.36. The van der Waals surface area contributed by atoms with Gasteiger partial charge in [0.2, 0.25) is 0 Å². The molecule has 0 aromatic rings. The van der Waals surface area contributed by atoms with Gasteiger partial charge in [-0.3, -0.25) is 0 Å². The van der Waals surface area contributed by atoms with Crippen molar-refractivity contribution in [3.05, 3.63) is 0 Å². The average Bonchev–Trinajstić information content (AvgIpc) is 2.38. The minimum atomic E-state index is 1.02. The fraction of sp³-hybridized carbons (Fsp3) is 1.00. The molecule has 0 N–H and O–H groups in total. The van der Waals surface area contributed by atoms with Gasteiger partial charge in [0.05, 0.1) is 0 Å². The van der Waals surface area contributed by atoms with Crippen LogP contribution in [0.2, 0.25) is 0 Å². The minimum absolute atomic E-state index is 1.02. The van der Waals surface area contributed by atoms with E-state index in [2.05, 4.69) is 13.8 Å². The van der Waals surface area contributed by atoms with E-state index in [9.17, 15) is 0 Å². The van der Waals surface area contributed by atoms with Crippen molar-refractivity contribution in [3.8, 4) is 0 Å². The Morgan fingerprint density at radius 3 is 2.33 bits per heavy atom. The molecule has 2 rings (SSSR count). The highest BCUT2D eigenvalue weighted by molar-refractivity contribution is 4.85. The maximum Gasteiger partial charge on any atom is -0.0383 e. The largest absolute Gasteiger partial charge is 0.0654 e. The van der Waals surface area contributed by atoms with Gasteiger partial charge in [0.1, 0.15) is 0 Å². The van der Waals surface area contributed by atoms with Crippen molar-refractivity contribution < 1.29 is 0 Å². The molecule has 0 amide bonds. The van der Waals surface area contributed by atoms with Crippen LogP contribution in [0.5, 0.6) is 0 Å².